The molecule has 0 radical (unpaired) electrons. The monoisotopic (exact) mass is 220 g/mol. The first-order valence-electron chi connectivity index (χ1n) is 5.37. The van der Waals surface area contributed by atoms with Crippen LogP contribution in [0.4, 0.5) is 5.69 Å². The third-order valence-corrected chi connectivity index (χ3v) is 2.77. The molecule has 86 valence electrons. The molecule has 0 aliphatic carbocycles. The molecule has 0 bridgehead atoms. The minimum Gasteiger partial charge on any atom is -0.495 e. The quantitative estimate of drug-likeness (QED) is 0.803. The van der Waals surface area contributed by atoms with Gasteiger partial charge >= 0.3 is 0 Å². The van der Waals surface area contributed by atoms with Gasteiger partial charge in [0.1, 0.15) is 5.75 Å². The van der Waals surface area contributed by atoms with Crippen LogP contribution in [0.25, 0.3) is 0 Å². The summed E-state index contributed by atoms with van der Waals surface area (Å²) in [6.07, 6.45) is 0. The third kappa shape index (κ3) is 2.17. The number of rotatable bonds is 3. The molecule has 1 saturated heterocycles. The van der Waals surface area contributed by atoms with Gasteiger partial charge in [0.05, 0.1) is 18.7 Å². The van der Waals surface area contributed by atoms with E-state index in [-0.39, 0.29) is 11.8 Å². The highest BCUT2D eigenvalue weighted by atomic mass is 16.5. The Hall–Kier alpha value is -1.55. The first kappa shape index (κ1) is 11.0. The van der Waals surface area contributed by atoms with E-state index < -0.39 is 0 Å². The highest BCUT2D eigenvalue weighted by Gasteiger charge is 2.25. The molecular weight excluding hydrogens is 204 g/mol. The van der Waals surface area contributed by atoms with Gasteiger partial charge in [0, 0.05) is 13.1 Å². The third-order valence-electron chi connectivity index (χ3n) is 2.77. The molecule has 16 heavy (non-hydrogen) atoms. The topological polar surface area (TPSA) is 50.4 Å². The number of nitrogens with one attached hydrogen (secondary N) is 2. The zero-order valence-electron chi connectivity index (χ0n) is 9.54. The number of methoxy groups -OCH3 is 1. The van der Waals surface area contributed by atoms with Gasteiger partial charge in [0.2, 0.25) is 5.91 Å². The molecule has 0 spiro atoms. The summed E-state index contributed by atoms with van der Waals surface area (Å²) < 4.78 is 5.20. The van der Waals surface area contributed by atoms with Crippen LogP contribution in [0.5, 0.6) is 5.75 Å². The molecule has 1 aliphatic rings. The van der Waals surface area contributed by atoms with Crippen LogP contribution in [0.15, 0.2) is 18.2 Å². The SMILES string of the molecule is COc1ccc(C)cc1NC(=O)C1CNC1. The normalized spacial score (nSPS) is 15.4. The molecule has 4 heteroatoms. The highest BCUT2D eigenvalue weighted by Crippen LogP contribution is 2.25. The molecule has 1 aromatic rings. The average Bonchev–Trinajstić information content (AvgIpc) is 2.15. The van der Waals surface area contributed by atoms with E-state index in [0.717, 1.165) is 24.3 Å². The number of aryl methyl sites for hydroxylation is 1. The van der Waals surface area contributed by atoms with Crippen molar-refractivity contribution >= 4 is 11.6 Å². The van der Waals surface area contributed by atoms with Crippen LogP contribution >= 0.6 is 0 Å². The molecule has 1 fully saturated rings. The number of hydrogen-bond donors (Lipinski definition) is 2. The summed E-state index contributed by atoms with van der Waals surface area (Å²) >= 11 is 0. The van der Waals surface area contributed by atoms with E-state index in [1.165, 1.54) is 0 Å². The lowest BCUT2D eigenvalue weighted by Gasteiger charge is -2.26. The highest BCUT2D eigenvalue weighted by molar-refractivity contribution is 5.94. The largest absolute Gasteiger partial charge is 0.495 e. The van der Waals surface area contributed by atoms with E-state index in [2.05, 4.69) is 10.6 Å². The van der Waals surface area contributed by atoms with Crippen molar-refractivity contribution in [1.82, 2.24) is 5.32 Å². The second kappa shape index (κ2) is 4.53. The Balaban J connectivity index is 2.12. The zero-order chi connectivity index (χ0) is 11.5. The van der Waals surface area contributed by atoms with Crippen molar-refractivity contribution in [3.8, 4) is 5.75 Å². The van der Waals surface area contributed by atoms with Crippen molar-refractivity contribution in [2.24, 2.45) is 5.92 Å². The van der Waals surface area contributed by atoms with Gasteiger partial charge in [-0.1, -0.05) is 6.07 Å². The second-order valence-corrected chi connectivity index (χ2v) is 4.05. The number of carbonyl (C=O) groups is 1. The fourth-order valence-corrected chi connectivity index (χ4v) is 1.63. The summed E-state index contributed by atoms with van der Waals surface area (Å²) in [5.41, 5.74) is 1.85. The van der Waals surface area contributed by atoms with E-state index in [4.69, 9.17) is 4.74 Å². The Bertz CT molecular complexity index is 400. The van der Waals surface area contributed by atoms with Gasteiger partial charge in [-0.05, 0) is 24.6 Å². The van der Waals surface area contributed by atoms with Crippen molar-refractivity contribution < 1.29 is 9.53 Å². The number of amides is 1. The molecule has 4 nitrogen and oxygen atoms in total. The van der Waals surface area contributed by atoms with Crippen LogP contribution in [0, 0.1) is 12.8 Å². The van der Waals surface area contributed by atoms with Gasteiger partial charge in [0.15, 0.2) is 0 Å². The molecule has 1 amide bonds. The molecule has 2 N–H and O–H groups in total. The maximum Gasteiger partial charge on any atom is 0.230 e. The Morgan fingerprint density at radius 3 is 2.81 bits per heavy atom. The molecule has 0 aromatic heterocycles. The maximum absolute atomic E-state index is 11.8. The van der Waals surface area contributed by atoms with Crippen molar-refractivity contribution in [2.75, 3.05) is 25.5 Å². The summed E-state index contributed by atoms with van der Waals surface area (Å²) in [4.78, 5) is 11.8. The van der Waals surface area contributed by atoms with E-state index in [0.29, 0.717) is 5.75 Å². The number of ether oxygens (including phenoxy) is 1. The smallest absolute Gasteiger partial charge is 0.230 e. The Labute approximate surface area is 95.0 Å². The van der Waals surface area contributed by atoms with Gasteiger partial charge in [0.25, 0.3) is 0 Å². The number of benzene rings is 1. The average molecular weight is 220 g/mol. The van der Waals surface area contributed by atoms with Crippen LogP contribution in [0.1, 0.15) is 5.56 Å². The Morgan fingerprint density at radius 2 is 2.25 bits per heavy atom. The molecule has 2 rings (SSSR count). The molecule has 0 saturated carbocycles. The first-order chi connectivity index (χ1) is 7.70. The molecule has 1 aromatic carbocycles. The summed E-state index contributed by atoms with van der Waals surface area (Å²) in [6, 6.07) is 5.74. The van der Waals surface area contributed by atoms with Crippen LogP contribution in [-0.4, -0.2) is 26.1 Å². The summed E-state index contributed by atoms with van der Waals surface area (Å²) in [5.74, 6) is 0.846. The van der Waals surface area contributed by atoms with Crippen LogP contribution < -0.4 is 15.4 Å². The van der Waals surface area contributed by atoms with E-state index in [1.54, 1.807) is 7.11 Å². The fourth-order valence-electron chi connectivity index (χ4n) is 1.63. The summed E-state index contributed by atoms with van der Waals surface area (Å²) in [5, 5.41) is 5.98. The van der Waals surface area contributed by atoms with E-state index >= 15 is 0 Å². The van der Waals surface area contributed by atoms with Crippen LogP contribution in [-0.2, 0) is 4.79 Å². The zero-order valence-corrected chi connectivity index (χ0v) is 9.54. The summed E-state index contributed by atoms with van der Waals surface area (Å²) in [6.45, 7) is 3.51. The predicted octanol–water partition coefficient (Wildman–Crippen LogP) is 1.16. The number of anilines is 1. The van der Waals surface area contributed by atoms with Gasteiger partial charge in [-0.25, -0.2) is 0 Å². The van der Waals surface area contributed by atoms with Crippen molar-refractivity contribution in [1.29, 1.82) is 0 Å². The Morgan fingerprint density at radius 1 is 1.50 bits per heavy atom. The number of carbonyl (C=O) groups excluding carboxylic acids is 1. The lowest BCUT2D eigenvalue weighted by molar-refractivity contribution is -0.121. The van der Waals surface area contributed by atoms with Gasteiger partial charge < -0.3 is 15.4 Å². The van der Waals surface area contributed by atoms with Crippen LogP contribution in [0.3, 0.4) is 0 Å². The van der Waals surface area contributed by atoms with Crippen LogP contribution in [0.2, 0.25) is 0 Å². The molecule has 0 atom stereocenters. The lowest BCUT2D eigenvalue weighted by Crippen LogP contribution is -2.48. The van der Waals surface area contributed by atoms with E-state index in [1.807, 2.05) is 25.1 Å². The molecule has 0 unspecified atom stereocenters. The summed E-state index contributed by atoms with van der Waals surface area (Å²) in [7, 11) is 1.60. The standard InChI is InChI=1S/C12H16N2O2/c1-8-3-4-11(16-2)10(5-8)14-12(15)9-6-13-7-9/h3-5,9,13H,6-7H2,1-2H3,(H,14,15). The van der Waals surface area contributed by atoms with Gasteiger partial charge in [-0.2, -0.15) is 0 Å². The van der Waals surface area contributed by atoms with Crippen molar-refractivity contribution in [3.63, 3.8) is 0 Å². The molecule has 1 aliphatic heterocycles. The molecule has 1 heterocycles. The second-order valence-electron chi connectivity index (χ2n) is 4.05. The predicted molar refractivity (Wildman–Crippen MR) is 62.7 cm³/mol. The number of hydrogen-bond acceptors (Lipinski definition) is 3. The van der Waals surface area contributed by atoms with E-state index in [9.17, 15) is 4.79 Å². The maximum atomic E-state index is 11.8. The first-order valence-corrected chi connectivity index (χ1v) is 5.37. The van der Waals surface area contributed by atoms with Gasteiger partial charge in [-0.15, -0.1) is 0 Å². The minimum absolute atomic E-state index is 0.0580. The molecular formula is C12H16N2O2. The lowest BCUT2D eigenvalue weighted by atomic mass is 10.0. The van der Waals surface area contributed by atoms with Crippen molar-refractivity contribution in [3.05, 3.63) is 23.8 Å². The fraction of sp³-hybridized carbons (Fsp3) is 0.417. The minimum atomic E-state index is 0.0580. The Kier molecular flexibility index (Phi) is 3.10. The van der Waals surface area contributed by atoms with Gasteiger partial charge in [-0.3, -0.25) is 4.79 Å². The van der Waals surface area contributed by atoms with Crippen molar-refractivity contribution in [2.45, 2.75) is 6.92 Å².